The molecule has 9 heteroatoms. The fourth-order valence-corrected chi connectivity index (χ4v) is 2.37. The topological polar surface area (TPSA) is 106 Å². The minimum atomic E-state index is -3.70. The first-order valence-electron chi connectivity index (χ1n) is 5.95. The average molecular weight is 346 g/mol. The van der Waals surface area contributed by atoms with Crippen LogP contribution in [0.1, 0.15) is 6.92 Å². The highest BCUT2D eigenvalue weighted by Crippen LogP contribution is 2.46. The van der Waals surface area contributed by atoms with E-state index >= 15 is 0 Å². The molecule has 22 heavy (non-hydrogen) atoms. The lowest BCUT2D eigenvalue weighted by Crippen LogP contribution is -2.11. The Morgan fingerprint density at radius 3 is 2.64 bits per heavy atom. The van der Waals surface area contributed by atoms with Crippen molar-refractivity contribution in [3.8, 4) is 22.8 Å². The number of rotatable bonds is 4. The van der Waals surface area contributed by atoms with Gasteiger partial charge >= 0.3 is 5.97 Å². The zero-order valence-corrected chi connectivity index (χ0v) is 13.2. The van der Waals surface area contributed by atoms with Gasteiger partial charge in [-0.1, -0.05) is 23.7 Å². The van der Waals surface area contributed by atoms with Crippen molar-refractivity contribution in [1.82, 2.24) is 0 Å². The maximum atomic E-state index is 11.3. The molecule has 2 N–H and O–H groups in total. The van der Waals surface area contributed by atoms with Gasteiger partial charge in [-0.05, 0) is 12.1 Å². The van der Waals surface area contributed by atoms with Crippen LogP contribution in [0.25, 0.3) is 11.3 Å². The Labute approximate surface area is 131 Å². The van der Waals surface area contributed by atoms with Gasteiger partial charge in [0, 0.05) is 17.5 Å². The molecule has 0 aliphatic heterocycles. The molecule has 0 saturated carbocycles. The largest absolute Gasteiger partial charge is 0.502 e. The normalized spacial score (nSPS) is 11.2. The molecular weight excluding hydrogens is 334 g/mol. The van der Waals surface area contributed by atoms with Gasteiger partial charge in [-0.2, -0.15) is 0 Å². The number of halogens is 1. The van der Waals surface area contributed by atoms with E-state index in [4.69, 9.17) is 20.8 Å². The van der Waals surface area contributed by atoms with Crippen molar-refractivity contribution >= 4 is 33.5 Å². The van der Waals surface area contributed by atoms with Crippen LogP contribution >= 0.6 is 11.6 Å². The Bertz CT molecular complexity index is 827. The number of hydrogen-bond acceptors (Lipinski definition) is 6. The molecule has 0 radical (unpaired) electrons. The number of sulfonamides is 1. The number of ether oxygens (including phenoxy) is 1. The summed E-state index contributed by atoms with van der Waals surface area (Å²) < 4.78 is 34.8. The summed E-state index contributed by atoms with van der Waals surface area (Å²) in [7, 11) is -3.70. The molecule has 0 aliphatic rings. The monoisotopic (exact) mass is 345 g/mol. The van der Waals surface area contributed by atoms with Gasteiger partial charge in [-0.3, -0.25) is 9.52 Å². The van der Waals surface area contributed by atoms with Crippen molar-refractivity contribution in [2.75, 3.05) is 11.0 Å². The second-order valence-electron chi connectivity index (χ2n) is 4.42. The number of benzene rings is 1. The van der Waals surface area contributed by atoms with E-state index in [-0.39, 0.29) is 5.76 Å². The van der Waals surface area contributed by atoms with E-state index in [0.717, 1.165) is 13.2 Å². The third-order valence-corrected chi connectivity index (χ3v) is 3.24. The number of anilines is 1. The van der Waals surface area contributed by atoms with Crippen LogP contribution in [0.3, 0.4) is 0 Å². The highest BCUT2D eigenvalue weighted by atomic mass is 35.5. The second-order valence-corrected chi connectivity index (χ2v) is 6.60. The number of carbonyl (C=O) groups is 1. The third kappa shape index (κ3) is 3.71. The number of aromatic hydroxyl groups is 1. The average Bonchev–Trinajstić information content (AvgIpc) is 2.65. The first kappa shape index (κ1) is 16.2. The van der Waals surface area contributed by atoms with Crippen molar-refractivity contribution < 1.29 is 27.5 Å². The molecule has 1 heterocycles. The van der Waals surface area contributed by atoms with E-state index in [0.29, 0.717) is 10.6 Å². The SMILES string of the molecule is CC(=O)Oc1c(NS(C)(=O)=O)oc(-c2cccc(Cl)c2)c1O. The van der Waals surface area contributed by atoms with Gasteiger partial charge in [0.15, 0.2) is 5.76 Å². The molecule has 0 fully saturated rings. The third-order valence-electron chi connectivity index (χ3n) is 2.45. The fraction of sp³-hybridized carbons (Fsp3) is 0.154. The standard InChI is InChI=1S/C13H12ClNO6S/c1-7(16)20-12-10(17)11(8-4-3-5-9(14)6-8)21-13(12)15-22(2,18)19/h3-6,15,17H,1-2H3. The zero-order chi connectivity index (χ0) is 16.5. The predicted molar refractivity (Wildman–Crippen MR) is 80.6 cm³/mol. The molecule has 0 amide bonds. The van der Waals surface area contributed by atoms with E-state index in [1.54, 1.807) is 18.2 Å². The molecule has 1 aromatic carbocycles. The van der Waals surface area contributed by atoms with Gasteiger partial charge in [-0.15, -0.1) is 0 Å². The molecule has 2 aromatic rings. The van der Waals surface area contributed by atoms with Crippen LogP contribution < -0.4 is 9.46 Å². The first-order valence-corrected chi connectivity index (χ1v) is 8.22. The van der Waals surface area contributed by atoms with Gasteiger partial charge < -0.3 is 14.3 Å². The van der Waals surface area contributed by atoms with E-state index in [9.17, 15) is 18.3 Å². The van der Waals surface area contributed by atoms with Gasteiger partial charge in [0.05, 0.1) is 6.26 Å². The lowest BCUT2D eigenvalue weighted by atomic mass is 10.1. The van der Waals surface area contributed by atoms with Crippen molar-refractivity contribution in [3.05, 3.63) is 29.3 Å². The number of furan rings is 1. The van der Waals surface area contributed by atoms with Gasteiger partial charge in [0.25, 0.3) is 5.88 Å². The molecule has 1 aromatic heterocycles. The zero-order valence-electron chi connectivity index (χ0n) is 11.6. The van der Waals surface area contributed by atoms with Crippen LogP contribution in [0, 0.1) is 0 Å². The summed E-state index contributed by atoms with van der Waals surface area (Å²) in [4.78, 5) is 11.1. The molecule has 118 valence electrons. The highest BCUT2D eigenvalue weighted by molar-refractivity contribution is 7.92. The summed E-state index contributed by atoms with van der Waals surface area (Å²) >= 11 is 5.86. The number of carbonyl (C=O) groups excluding carboxylic acids is 1. The molecule has 0 aliphatic carbocycles. The maximum Gasteiger partial charge on any atom is 0.308 e. The Morgan fingerprint density at radius 1 is 1.41 bits per heavy atom. The number of esters is 1. The van der Waals surface area contributed by atoms with Crippen LogP contribution in [-0.2, 0) is 14.8 Å². The van der Waals surface area contributed by atoms with Crippen molar-refractivity contribution in [1.29, 1.82) is 0 Å². The van der Waals surface area contributed by atoms with E-state index in [1.165, 1.54) is 6.07 Å². The highest BCUT2D eigenvalue weighted by Gasteiger charge is 2.26. The summed E-state index contributed by atoms with van der Waals surface area (Å²) in [6, 6.07) is 6.33. The quantitative estimate of drug-likeness (QED) is 0.825. The van der Waals surface area contributed by atoms with E-state index < -0.39 is 33.4 Å². The molecule has 2 rings (SSSR count). The van der Waals surface area contributed by atoms with Crippen LogP contribution in [-0.4, -0.2) is 25.7 Å². The predicted octanol–water partition coefficient (Wildman–Crippen LogP) is 2.60. The summed E-state index contributed by atoms with van der Waals surface area (Å²) in [5.41, 5.74) is 0.389. The molecule has 0 spiro atoms. The molecule has 7 nitrogen and oxygen atoms in total. The van der Waals surface area contributed by atoms with Crippen molar-refractivity contribution in [3.63, 3.8) is 0 Å². The molecule has 0 unspecified atom stereocenters. The van der Waals surface area contributed by atoms with Crippen LogP contribution in [0.4, 0.5) is 5.88 Å². The first-order chi connectivity index (χ1) is 10.2. The Morgan fingerprint density at radius 2 is 2.09 bits per heavy atom. The minimum absolute atomic E-state index is 0.0788. The van der Waals surface area contributed by atoms with Crippen molar-refractivity contribution in [2.24, 2.45) is 0 Å². The number of nitrogens with one attached hydrogen (secondary N) is 1. The van der Waals surface area contributed by atoms with E-state index in [1.807, 2.05) is 4.72 Å². The van der Waals surface area contributed by atoms with Gasteiger partial charge in [0.1, 0.15) is 0 Å². The molecular formula is C13H12ClNO6S. The second kappa shape index (κ2) is 5.90. The molecule has 0 atom stereocenters. The van der Waals surface area contributed by atoms with Gasteiger partial charge in [0.2, 0.25) is 21.5 Å². The molecule has 0 bridgehead atoms. The summed E-state index contributed by atoms with van der Waals surface area (Å²) in [5.74, 6) is -2.14. The summed E-state index contributed by atoms with van der Waals surface area (Å²) in [6.07, 6.45) is 0.892. The smallest absolute Gasteiger partial charge is 0.308 e. The lowest BCUT2D eigenvalue weighted by Gasteiger charge is -2.02. The van der Waals surface area contributed by atoms with Crippen molar-refractivity contribution in [2.45, 2.75) is 6.92 Å². The molecule has 0 saturated heterocycles. The Kier molecular flexibility index (Phi) is 4.34. The van der Waals surface area contributed by atoms with E-state index in [2.05, 4.69) is 0 Å². The number of hydrogen-bond donors (Lipinski definition) is 2. The van der Waals surface area contributed by atoms with Gasteiger partial charge in [-0.25, -0.2) is 8.42 Å². The Balaban J connectivity index is 2.59. The summed E-state index contributed by atoms with van der Waals surface area (Å²) in [5, 5.41) is 10.5. The summed E-state index contributed by atoms with van der Waals surface area (Å²) in [6.45, 7) is 1.11. The minimum Gasteiger partial charge on any atom is -0.502 e. The fourth-order valence-electron chi connectivity index (χ4n) is 1.71. The van der Waals surface area contributed by atoms with Crippen LogP contribution in [0.5, 0.6) is 11.5 Å². The Hall–Kier alpha value is -2.19. The maximum absolute atomic E-state index is 11.3. The van der Waals surface area contributed by atoms with Crippen LogP contribution in [0.15, 0.2) is 28.7 Å². The van der Waals surface area contributed by atoms with Crippen LogP contribution in [0.2, 0.25) is 5.02 Å². The lowest BCUT2D eigenvalue weighted by molar-refractivity contribution is -0.131.